The number of anilines is 3. The number of rotatable bonds is 4. The Morgan fingerprint density at radius 1 is 0.469 bits per heavy atom. The van der Waals surface area contributed by atoms with Crippen LogP contribution in [0.2, 0.25) is 0 Å². The van der Waals surface area contributed by atoms with Crippen LogP contribution in [0.4, 0.5) is 17.1 Å². The van der Waals surface area contributed by atoms with E-state index in [0.717, 1.165) is 39.0 Å². The second kappa shape index (κ2) is 10.4. The second-order valence-electron chi connectivity index (χ2n) is 13.7. The van der Waals surface area contributed by atoms with Gasteiger partial charge in [0.05, 0.1) is 5.69 Å². The molecule has 9 aromatic rings. The van der Waals surface area contributed by atoms with Gasteiger partial charge < -0.3 is 9.32 Å². The van der Waals surface area contributed by atoms with Crippen molar-refractivity contribution in [1.82, 2.24) is 0 Å². The minimum atomic E-state index is -0.0709. The van der Waals surface area contributed by atoms with E-state index in [-0.39, 0.29) is 5.41 Å². The largest absolute Gasteiger partial charge is 0.454 e. The highest BCUT2D eigenvalue weighted by Gasteiger charge is 2.35. The molecular weight excluding hydrogens is 595 g/mol. The summed E-state index contributed by atoms with van der Waals surface area (Å²) < 4.78 is 6.83. The van der Waals surface area contributed by atoms with Crippen LogP contribution in [0.25, 0.3) is 65.7 Å². The van der Waals surface area contributed by atoms with Crippen molar-refractivity contribution >= 4 is 60.5 Å². The molecular formula is C47H33NO. The summed E-state index contributed by atoms with van der Waals surface area (Å²) in [6, 6.07) is 59.4. The maximum atomic E-state index is 6.83. The van der Waals surface area contributed by atoms with Gasteiger partial charge in [-0.2, -0.15) is 0 Å². The summed E-state index contributed by atoms with van der Waals surface area (Å²) in [5.41, 5.74) is 12.6. The van der Waals surface area contributed by atoms with Crippen LogP contribution in [0.3, 0.4) is 0 Å². The normalized spacial score (nSPS) is 13.3. The zero-order valence-corrected chi connectivity index (χ0v) is 27.4. The molecule has 0 saturated carbocycles. The second-order valence-corrected chi connectivity index (χ2v) is 13.7. The Kier molecular flexibility index (Phi) is 5.95. The van der Waals surface area contributed by atoms with Crippen LogP contribution in [0, 0.1) is 0 Å². The lowest BCUT2D eigenvalue weighted by molar-refractivity contribution is 0.660. The van der Waals surface area contributed by atoms with Crippen molar-refractivity contribution in [2.75, 3.05) is 4.90 Å². The number of hydrogen-bond donors (Lipinski definition) is 0. The van der Waals surface area contributed by atoms with Gasteiger partial charge in [-0.15, -0.1) is 0 Å². The van der Waals surface area contributed by atoms with Crippen LogP contribution >= 0.6 is 0 Å². The third-order valence-corrected chi connectivity index (χ3v) is 10.6. The minimum Gasteiger partial charge on any atom is -0.454 e. The van der Waals surface area contributed by atoms with E-state index in [1.165, 1.54) is 54.9 Å². The number of para-hydroxylation sites is 1. The molecule has 232 valence electrons. The first-order valence-corrected chi connectivity index (χ1v) is 17.0. The maximum Gasteiger partial charge on any atom is 0.160 e. The molecule has 0 N–H and O–H groups in total. The zero-order valence-electron chi connectivity index (χ0n) is 27.4. The van der Waals surface area contributed by atoms with Gasteiger partial charge in [0.2, 0.25) is 0 Å². The average molecular weight is 628 g/mol. The molecule has 0 spiro atoms. The SMILES string of the molecule is CC1(C)c2ccccc2-c2cc(N(c3cccc(-c4cccc5ccccc45)c3)c3cc4ccccc4c4c3oc3ccccc34)ccc21. The molecule has 0 saturated heterocycles. The van der Waals surface area contributed by atoms with Crippen molar-refractivity contribution in [3.8, 4) is 22.3 Å². The Morgan fingerprint density at radius 2 is 1.12 bits per heavy atom. The summed E-state index contributed by atoms with van der Waals surface area (Å²) >= 11 is 0. The van der Waals surface area contributed by atoms with Crippen molar-refractivity contribution in [3.05, 3.63) is 175 Å². The van der Waals surface area contributed by atoms with Gasteiger partial charge in [0.1, 0.15) is 5.58 Å². The molecule has 0 atom stereocenters. The molecule has 0 radical (unpaired) electrons. The van der Waals surface area contributed by atoms with Crippen molar-refractivity contribution < 1.29 is 4.42 Å². The van der Waals surface area contributed by atoms with E-state index >= 15 is 0 Å². The van der Waals surface area contributed by atoms with E-state index in [9.17, 15) is 0 Å². The molecule has 1 aromatic heterocycles. The van der Waals surface area contributed by atoms with Crippen LogP contribution in [0.1, 0.15) is 25.0 Å². The third-order valence-electron chi connectivity index (χ3n) is 10.6. The van der Waals surface area contributed by atoms with Crippen molar-refractivity contribution in [2.45, 2.75) is 19.3 Å². The summed E-state index contributed by atoms with van der Waals surface area (Å²) in [5.74, 6) is 0. The first-order valence-electron chi connectivity index (χ1n) is 17.0. The lowest BCUT2D eigenvalue weighted by atomic mass is 9.82. The van der Waals surface area contributed by atoms with Gasteiger partial charge in [-0.05, 0) is 91.3 Å². The van der Waals surface area contributed by atoms with Gasteiger partial charge >= 0.3 is 0 Å². The van der Waals surface area contributed by atoms with E-state index in [2.05, 4.69) is 183 Å². The average Bonchev–Trinajstić information content (AvgIpc) is 3.65. The molecule has 1 heterocycles. The summed E-state index contributed by atoms with van der Waals surface area (Å²) in [5, 5.41) is 7.13. The zero-order chi connectivity index (χ0) is 32.7. The number of furan rings is 1. The van der Waals surface area contributed by atoms with Gasteiger partial charge in [-0.3, -0.25) is 0 Å². The molecule has 49 heavy (non-hydrogen) atoms. The quantitative estimate of drug-likeness (QED) is 0.193. The van der Waals surface area contributed by atoms with Gasteiger partial charge in [0.25, 0.3) is 0 Å². The predicted octanol–water partition coefficient (Wildman–Crippen LogP) is 13.3. The highest BCUT2D eigenvalue weighted by atomic mass is 16.3. The molecule has 1 aliphatic rings. The van der Waals surface area contributed by atoms with E-state index in [4.69, 9.17) is 4.42 Å². The highest BCUT2D eigenvalue weighted by molar-refractivity contribution is 6.23. The van der Waals surface area contributed by atoms with Crippen LogP contribution in [0.15, 0.2) is 168 Å². The number of fused-ring (bicyclic) bond motifs is 9. The summed E-state index contributed by atoms with van der Waals surface area (Å²) in [4.78, 5) is 2.40. The highest BCUT2D eigenvalue weighted by Crippen LogP contribution is 2.52. The van der Waals surface area contributed by atoms with E-state index in [0.29, 0.717) is 0 Å². The molecule has 0 amide bonds. The fraction of sp³-hybridized carbons (Fsp3) is 0.0638. The van der Waals surface area contributed by atoms with Crippen molar-refractivity contribution in [2.24, 2.45) is 0 Å². The summed E-state index contributed by atoms with van der Waals surface area (Å²) in [7, 11) is 0. The minimum absolute atomic E-state index is 0.0709. The molecule has 2 nitrogen and oxygen atoms in total. The van der Waals surface area contributed by atoms with Crippen LogP contribution in [-0.4, -0.2) is 0 Å². The van der Waals surface area contributed by atoms with Crippen LogP contribution in [0.5, 0.6) is 0 Å². The predicted molar refractivity (Wildman–Crippen MR) is 206 cm³/mol. The molecule has 8 aromatic carbocycles. The first kappa shape index (κ1) is 27.9. The monoisotopic (exact) mass is 627 g/mol. The number of nitrogens with zero attached hydrogens (tertiary/aromatic N) is 1. The standard InChI is InChI=1S/C47H33NO/c1-47(2)41-23-9-7-20-38(41)40-29-34(25-26-42(40)47)48(33-17-11-16-31(27-33)36-22-12-15-30-13-3-5-18-35(30)36)43-28-32-14-4-6-19-37(32)45-39-21-8-10-24-44(39)49-46(43)45/h3-29H,1-2H3. The Hall–Kier alpha value is -6.12. The van der Waals surface area contributed by atoms with E-state index in [1.54, 1.807) is 0 Å². The van der Waals surface area contributed by atoms with E-state index < -0.39 is 0 Å². The van der Waals surface area contributed by atoms with Gasteiger partial charge in [0.15, 0.2) is 5.58 Å². The maximum absolute atomic E-state index is 6.83. The molecule has 0 unspecified atom stereocenters. The lowest BCUT2D eigenvalue weighted by Gasteiger charge is -2.28. The van der Waals surface area contributed by atoms with Gasteiger partial charge in [-0.1, -0.05) is 141 Å². The van der Waals surface area contributed by atoms with Crippen molar-refractivity contribution in [1.29, 1.82) is 0 Å². The third kappa shape index (κ3) is 4.14. The van der Waals surface area contributed by atoms with E-state index in [1.807, 2.05) is 0 Å². The molecule has 2 heteroatoms. The molecule has 1 aliphatic carbocycles. The molecule has 0 bridgehead atoms. The fourth-order valence-electron chi connectivity index (χ4n) is 8.29. The van der Waals surface area contributed by atoms with Gasteiger partial charge in [0, 0.05) is 27.6 Å². The molecule has 0 aliphatic heterocycles. The Bertz CT molecular complexity index is 2760. The van der Waals surface area contributed by atoms with Crippen molar-refractivity contribution in [3.63, 3.8) is 0 Å². The Morgan fingerprint density at radius 3 is 2.02 bits per heavy atom. The first-order chi connectivity index (χ1) is 24.1. The summed E-state index contributed by atoms with van der Waals surface area (Å²) in [6.45, 7) is 4.67. The number of benzene rings is 8. The Balaban J connectivity index is 1.28. The number of hydrogen-bond acceptors (Lipinski definition) is 2. The fourth-order valence-corrected chi connectivity index (χ4v) is 8.29. The van der Waals surface area contributed by atoms with Gasteiger partial charge in [-0.25, -0.2) is 0 Å². The summed E-state index contributed by atoms with van der Waals surface area (Å²) in [6.07, 6.45) is 0. The topological polar surface area (TPSA) is 16.4 Å². The lowest BCUT2D eigenvalue weighted by Crippen LogP contribution is -2.15. The Labute approximate surface area is 285 Å². The smallest absolute Gasteiger partial charge is 0.160 e. The van der Waals surface area contributed by atoms with Crippen LogP contribution < -0.4 is 4.90 Å². The van der Waals surface area contributed by atoms with Crippen LogP contribution in [-0.2, 0) is 5.41 Å². The molecule has 10 rings (SSSR count). The molecule has 0 fully saturated rings.